The lowest BCUT2D eigenvalue weighted by Crippen LogP contribution is -2.42. The molecule has 1 aliphatic heterocycles. The Morgan fingerprint density at radius 1 is 1.38 bits per heavy atom. The normalized spacial score (nSPS) is 25.9. The lowest BCUT2D eigenvalue weighted by atomic mass is 9.84. The molecule has 3 nitrogen and oxygen atoms in total. The summed E-state index contributed by atoms with van der Waals surface area (Å²) in [6.45, 7) is 3.76. The predicted octanol–water partition coefficient (Wildman–Crippen LogP) is 3.94. The fourth-order valence-electron chi connectivity index (χ4n) is 3.71. The van der Waals surface area contributed by atoms with E-state index in [4.69, 9.17) is 4.74 Å². The van der Waals surface area contributed by atoms with Gasteiger partial charge >= 0.3 is 5.97 Å². The van der Waals surface area contributed by atoms with Gasteiger partial charge in [-0.3, -0.25) is 9.69 Å². The van der Waals surface area contributed by atoms with Crippen LogP contribution in [0.15, 0.2) is 17.5 Å². The van der Waals surface area contributed by atoms with Gasteiger partial charge in [-0.05, 0) is 44.1 Å². The van der Waals surface area contributed by atoms with Gasteiger partial charge in [0.15, 0.2) is 0 Å². The van der Waals surface area contributed by atoms with E-state index < -0.39 is 0 Å². The van der Waals surface area contributed by atoms with Gasteiger partial charge in [0.05, 0.1) is 0 Å². The van der Waals surface area contributed by atoms with Crippen molar-refractivity contribution < 1.29 is 9.53 Å². The molecular formula is C17H25NO2S. The smallest absolute Gasteiger partial charge is 0.318 e. The molecule has 1 unspecified atom stereocenters. The highest BCUT2D eigenvalue weighted by Crippen LogP contribution is 2.44. The molecule has 0 spiro atoms. The third-order valence-corrected chi connectivity index (χ3v) is 6.22. The summed E-state index contributed by atoms with van der Waals surface area (Å²) in [5.74, 6) is 0.000207. The monoisotopic (exact) mass is 307 g/mol. The first-order chi connectivity index (χ1) is 10.2. The topological polar surface area (TPSA) is 29.5 Å². The molecule has 2 aliphatic rings. The van der Waals surface area contributed by atoms with Crippen LogP contribution < -0.4 is 0 Å². The van der Waals surface area contributed by atoms with Gasteiger partial charge in [-0.2, -0.15) is 0 Å². The van der Waals surface area contributed by atoms with Crippen molar-refractivity contribution in [2.24, 2.45) is 0 Å². The van der Waals surface area contributed by atoms with Crippen LogP contribution >= 0.6 is 11.3 Å². The van der Waals surface area contributed by atoms with E-state index in [0.717, 1.165) is 32.2 Å². The minimum Gasteiger partial charge on any atom is -0.449 e. The summed E-state index contributed by atoms with van der Waals surface area (Å²) in [7, 11) is 0. The van der Waals surface area contributed by atoms with E-state index >= 15 is 0 Å². The molecule has 116 valence electrons. The minimum absolute atomic E-state index is 0.000207. The van der Waals surface area contributed by atoms with Crippen molar-refractivity contribution in [2.75, 3.05) is 13.3 Å². The van der Waals surface area contributed by atoms with Crippen molar-refractivity contribution in [3.63, 3.8) is 0 Å². The van der Waals surface area contributed by atoms with Gasteiger partial charge in [0.1, 0.15) is 12.1 Å². The van der Waals surface area contributed by atoms with E-state index in [-0.39, 0.29) is 11.4 Å². The van der Waals surface area contributed by atoms with Gasteiger partial charge in [-0.15, -0.1) is 11.3 Å². The molecule has 0 amide bonds. The quantitative estimate of drug-likeness (QED) is 0.789. The molecule has 21 heavy (non-hydrogen) atoms. The van der Waals surface area contributed by atoms with Crippen LogP contribution in [-0.2, 0) is 14.9 Å². The van der Waals surface area contributed by atoms with Crippen LogP contribution in [0.25, 0.3) is 0 Å². The Labute approximate surface area is 131 Å². The summed E-state index contributed by atoms with van der Waals surface area (Å²) in [5.41, 5.74) is -0.354. The number of likely N-dealkylation sites (tertiary alicyclic amines) is 1. The number of thiophene rings is 1. The fourth-order valence-corrected chi connectivity index (χ4v) is 4.68. The van der Waals surface area contributed by atoms with Crippen LogP contribution in [0.4, 0.5) is 0 Å². The molecule has 0 bridgehead atoms. The summed E-state index contributed by atoms with van der Waals surface area (Å²) in [6, 6.07) is 4.67. The standard InChI is InChI=1S/C17H25NO2S/c1-14-7-2-5-11-18(14)13-20-16(19)17(9-3-4-10-17)15-8-6-12-21-15/h6,8,12,14H,2-5,7,9-11,13H2,1H3. The molecule has 0 aromatic carbocycles. The Kier molecular flexibility index (Phi) is 4.65. The molecule has 1 saturated carbocycles. The maximum Gasteiger partial charge on any atom is 0.318 e. The molecule has 1 aromatic heterocycles. The fraction of sp³-hybridized carbons (Fsp3) is 0.706. The van der Waals surface area contributed by atoms with Crippen molar-refractivity contribution in [2.45, 2.75) is 63.3 Å². The van der Waals surface area contributed by atoms with Gasteiger partial charge < -0.3 is 4.74 Å². The molecule has 1 aromatic rings. The number of hydrogen-bond acceptors (Lipinski definition) is 4. The number of nitrogens with zero attached hydrogens (tertiary/aromatic N) is 1. The molecule has 1 aliphatic carbocycles. The number of ether oxygens (including phenoxy) is 1. The summed E-state index contributed by atoms with van der Waals surface area (Å²) >= 11 is 1.69. The molecule has 2 fully saturated rings. The van der Waals surface area contributed by atoms with E-state index in [0.29, 0.717) is 12.8 Å². The van der Waals surface area contributed by atoms with Crippen molar-refractivity contribution in [3.8, 4) is 0 Å². The number of esters is 1. The van der Waals surface area contributed by atoms with Gasteiger partial charge in [0, 0.05) is 17.5 Å². The van der Waals surface area contributed by atoms with Crippen molar-refractivity contribution in [1.82, 2.24) is 4.90 Å². The van der Waals surface area contributed by atoms with E-state index in [1.54, 1.807) is 11.3 Å². The summed E-state index contributed by atoms with van der Waals surface area (Å²) in [4.78, 5) is 16.3. The average Bonchev–Trinajstić information content (AvgIpc) is 3.17. The van der Waals surface area contributed by atoms with Gasteiger partial charge in [-0.1, -0.05) is 25.3 Å². The highest BCUT2D eigenvalue weighted by atomic mass is 32.1. The minimum atomic E-state index is -0.354. The zero-order valence-corrected chi connectivity index (χ0v) is 13.7. The Morgan fingerprint density at radius 2 is 2.19 bits per heavy atom. The van der Waals surface area contributed by atoms with Crippen LogP contribution in [0.3, 0.4) is 0 Å². The average molecular weight is 307 g/mol. The maximum atomic E-state index is 12.8. The first kappa shape index (κ1) is 15.0. The molecule has 0 radical (unpaired) electrons. The predicted molar refractivity (Wildman–Crippen MR) is 85.4 cm³/mol. The number of rotatable bonds is 4. The molecule has 0 N–H and O–H groups in total. The highest BCUT2D eigenvalue weighted by molar-refractivity contribution is 7.10. The zero-order chi connectivity index (χ0) is 14.7. The summed E-state index contributed by atoms with van der Waals surface area (Å²) in [6.07, 6.45) is 7.89. The van der Waals surface area contributed by atoms with Crippen molar-refractivity contribution in [3.05, 3.63) is 22.4 Å². The Bertz CT molecular complexity index is 465. The van der Waals surface area contributed by atoms with Gasteiger partial charge in [-0.25, -0.2) is 0 Å². The second kappa shape index (κ2) is 6.49. The summed E-state index contributed by atoms with van der Waals surface area (Å²) < 4.78 is 5.76. The zero-order valence-electron chi connectivity index (χ0n) is 12.8. The number of carbonyl (C=O) groups excluding carboxylic acids is 1. The molecule has 2 heterocycles. The van der Waals surface area contributed by atoms with Gasteiger partial charge in [0.25, 0.3) is 0 Å². The molecule has 3 rings (SSSR count). The van der Waals surface area contributed by atoms with Crippen molar-refractivity contribution >= 4 is 17.3 Å². The van der Waals surface area contributed by atoms with Gasteiger partial charge in [0.2, 0.25) is 0 Å². The third-order valence-electron chi connectivity index (χ3n) is 5.14. The first-order valence-electron chi connectivity index (χ1n) is 8.18. The van der Waals surface area contributed by atoms with Crippen LogP contribution in [0, 0.1) is 0 Å². The SMILES string of the molecule is CC1CCCCN1COC(=O)C1(c2cccs2)CCCC1. The second-order valence-electron chi connectivity index (χ2n) is 6.48. The van der Waals surface area contributed by atoms with E-state index in [1.807, 2.05) is 6.07 Å². The number of carbonyl (C=O) groups is 1. The van der Waals surface area contributed by atoms with Crippen molar-refractivity contribution in [1.29, 1.82) is 0 Å². The van der Waals surface area contributed by atoms with E-state index in [1.165, 1.54) is 24.1 Å². The Balaban J connectivity index is 1.65. The van der Waals surface area contributed by atoms with Crippen LogP contribution in [-0.4, -0.2) is 30.2 Å². The van der Waals surface area contributed by atoms with Crippen LogP contribution in [0.5, 0.6) is 0 Å². The number of hydrogen-bond donors (Lipinski definition) is 0. The third kappa shape index (κ3) is 3.02. The number of piperidine rings is 1. The van der Waals surface area contributed by atoms with Crippen LogP contribution in [0.2, 0.25) is 0 Å². The lowest BCUT2D eigenvalue weighted by molar-refractivity contribution is -0.157. The Hall–Kier alpha value is -0.870. The molecule has 4 heteroatoms. The largest absolute Gasteiger partial charge is 0.449 e. The maximum absolute atomic E-state index is 12.8. The van der Waals surface area contributed by atoms with E-state index in [2.05, 4.69) is 23.3 Å². The second-order valence-corrected chi connectivity index (χ2v) is 7.43. The van der Waals surface area contributed by atoms with E-state index in [9.17, 15) is 4.79 Å². The first-order valence-corrected chi connectivity index (χ1v) is 9.06. The highest BCUT2D eigenvalue weighted by Gasteiger charge is 2.45. The Morgan fingerprint density at radius 3 is 2.86 bits per heavy atom. The summed E-state index contributed by atoms with van der Waals surface area (Å²) in [5, 5.41) is 2.06. The lowest BCUT2D eigenvalue weighted by Gasteiger charge is -2.34. The van der Waals surface area contributed by atoms with Crippen LogP contribution in [0.1, 0.15) is 56.7 Å². The molecular weight excluding hydrogens is 282 g/mol. The molecule has 1 saturated heterocycles. The molecule has 1 atom stereocenters.